The van der Waals surface area contributed by atoms with Gasteiger partial charge in [0.2, 0.25) is 5.91 Å². The third-order valence-corrected chi connectivity index (χ3v) is 3.62. The fraction of sp³-hybridized carbons (Fsp3) is 0.857. The highest BCUT2D eigenvalue weighted by Crippen LogP contribution is 2.12. The number of hydrogen-bond acceptors (Lipinski definition) is 4. The summed E-state index contributed by atoms with van der Waals surface area (Å²) in [6.07, 6.45) is 4.58. The molecule has 1 aliphatic heterocycles. The molecule has 0 N–H and O–H groups in total. The maximum atomic E-state index is 12.4. The highest BCUT2D eigenvalue weighted by molar-refractivity contribution is 5.82. The van der Waals surface area contributed by atoms with E-state index in [0.29, 0.717) is 6.61 Å². The van der Waals surface area contributed by atoms with Gasteiger partial charge in [-0.3, -0.25) is 14.5 Å². The van der Waals surface area contributed by atoms with Gasteiger partial charge in [0.25, 0.3) is 0 Å². The zero-order chi connectivity index (χ0) is 14.3. The van der Waals surface area contributed by atoms with E-state index in [2.05, 4.69) is 0 Å². The Balaban J connectivity index is 2.47. The number of hydrogen-bond donors (Lipinski definition) is 0. The van der Waals surface area contributed by atoms with Crippen molar-refractivity contribution in [3.05, 3.63) is 0 Å². The molecule has 0 bridgehead atoms. The van der Waals surface area contributed by atoms with Crippen LogP contribution in [0.4, 0.5) is 0 Å². The van der Waals surface area contributed by atoms with E-state index >= 15 is 0 Å². The molecule has 0 aromatic heterocycles. The number of esters is 1. The Labute approximate surface area is 115 Å². The van der Waals surface area contributed by atoms with Crippen LogP contribution in [0.3, 0.4) is 0 Å². The second kappa shape index (κ2) is 8.15. The molecule has 1 amide bonds. The Morgan fingerprint density at radius 3 is 2.32 bits per heavy atom. The summed E-state index contributed by atoms with van der Waals surface area (Å²) in [5, 5.41) is 0. The van der Waals surface area contributed by atoms with Gasteiger partial charge in [-0.05, 0) is 33.7 Å². The molecule has 0 radical (unpaired) electrons. The van der Waals surface area contributed by atoms with Gasteiger partial charge in [-0.1, -0.05) is 12.8 Å². The molecule has 0 aromatic rings. The molecule has 1 rings (SSSR count). The van der Waals surface area contributed by atoms with Crippen LogP contribution in [0.25, 0.3) is 0 Å². The van der Waals surface area contributed by atoms with Crippen molar-refractivity contribution in [1.29, 1.82) is 0 Å². The minimum absolute atomic E-state index is 0.119. The van der Waals surface area contributed by atoms with E-state index in [1.165, 1.54) is 12.8 Å². The van der Waals surface area contributed by atoms with Crippen molar-refractivity contribution in [2.75, 3.05) is 33.3 Å². The van der Waals surface area contributed by atoms with E-state index in [1.54, 1.807) is 18.9 Å². The number of ether oxygens (including phenoxy) is 1. The average molecular weight is 270 g/mol. The number of rotatable bonds is 5. The minimum Gasteiger partial charge on any atom is -0.465 e. The van der Waals surface area contributed by atoms with Crippen LogP contribution < -0.4 is 0 Å². The summed E-state index contributed by atoms with van der Waals surface area (Å²) in [5.74, 6) is -0.158. The van der Waals surface area contributed by atoms with Crippen molar-refractivity contribution >= 4 is 11.9 Å². The molecule has 5 heteroatoms. The van der Waals surface area contributed by atoms with Crippen LogP contribution in [-0.4, -0.2) is 61.0 Å². The third kappa shape index (κ3) is 5.19. The van der Waals surface area contributed by atoms with Crippen LogP contribution in [0.1, 0.15) is 39.5 Å². The maximum Gasteiger partial charge on any atom is 0.320 e. The molecule has 1 atom stereocenters. The summed E-state index contributed by atoms with van der Waals surface area (Å²) in [6.45, 7) is 5.86. The Morgan fingerprint density at radius 1 is 1.21 bits per heavy atom. The van der Waals surface area contributed by atoms with Crippen molar-refractivity contribution in [3.8, 4) is 0 Å². The van der Waals surface area contributed by atoms with Crippen molar-refractivity contribution in [2.45, 2.75) is 45.6 Å². The monoisotopic (exact) mass is 270 g/mol. The first-order valence-corrected chi connectivity index (χ1v) is 7.21. The number of carbonyl (C=O) groups is 2. The van der Waals surface area contributed by atoms with Crippen LogP contribution in [-0.2, 0) is 14.3 Å². The Hall–Kier alpha value is -1.10. The molecule has 0 saturated carbocycles. The lowest BCUT2D eigenvalue weighted by Crippen LogP contribution is -2.47. The average Bonchev–Trinajstić information content (AvgIpc) is 2.66. The first-order chi connectivity index (χ1) is 9.06. The lowest BCUT2D eigenvalue weighted by atomic mass is 10.2. The van der Waals surface area contributed by atoms with E-state index < -0.39 is 0 Å². The summed E-state index contributed by atoms with van der Waals surface area (Å²) >= 11 is 0. The molecular formula is C14H26N2O3. The molecule has 1 aliphatic rings. The Bertz CT molecular complexity index is 299. The normalized spacial score (nSPS) is 18.0. The molecule has 5 nitrogen and oxygen atoms in total. The fourth-order valence-electron chi connectivity index (χ4n) is 2.29. The predicted octanol–water partition coefficient (Wildman–Crippen LogP) is 1.27. The molecule has 1 saturated heterocycles. The SMILES string of the molecule is CCOC(=O)CN(C)[C@@H](C)C(=O)N1CCCCCC1. The van der Waals surface area contributed by atoms with Gasteiger partial charge in [-0.25, -0.2) is 0 Å². The minimum atomic E-state index is -0.277. The van der Waals surface area contributed by atoms with E-state index in [4.69, 9.17) is 4.74 Å². The molecule has 0 aliphatic carbocycles. The molecular weight excluding hydrogens is 244 g/mol. The summed E-state index contributed by atoms with van der Waals surface area (Å²) in [5.41, 5.74) is 0. The van der Waals surface area contributed by atoms with Gasteiger partial charge in [0.15, 0.2) is 0 Å². The molecule has 0 spiro atoms. The number of amides is 1. The maximum absolute atomic E-state index is 12.4. The zero-order valence-corrected chi connectivity index (χ0v) is 12.4. The van der Waals surface area contributed by atoms with Crippen molar-refractivity contribution < 1.29 is 14.3 Å². The largest absolute Gasteiger partial charge is 0.465 e. The highest BCUT2D eigenvalue weighted by Gasteiger charge is 2.25. The molecule has 110 valence electrons. The molecule has 19 heavy (non-hydrogen) atoms. The molecule has 1 fully saturated rings. The molecule has 1 heterocycles. The van der Waals surface area contributed by atoms with Crippen LogP contribution in [0.2, 0.25) is 0 Å². The Kier molecular flexibility index (Phi) is 6.84. The van der Waals surface area contributed by atoms with E-state index in [-0.39, 0.29) is 24.5 Å². The second-order valence-corrected chi connectivity index (χ2v) is 5.14. The van der Waals surface area contributed by atoms with Gasteiger partial charge in [0.05, 0.1) is 19.2 Å². The number of carbonyl (C=O) groups excluding carboxylic acids is 2. The fourth-order valence-corrected chi connectivity index (χ4v) is 2.29. The van der Waals surface area contributed by atoms with Gasteiger partial charge < -0.3 is 9.64 Å². The van der Waals surface area contributed by atoms with Gasteiger partial charge in [-0.15, -0.1) is 0 Å². The Morgan fingerprint density at radius 2 is 1.79 bits per heavy atom. The van der Waals surface area contributed by atoms with Crippen LogP contribution in [0.5, 0.6) is 0 Å². The van der Waals surface area contributed by atoms with E-state index in [1.807, 2.05) is 11.8 Å². The van der Waals surface area contributed by atoms with E-state index in [0.717, 1.165) is 25.9 Å². The molecule has 0 unspecified atom stereocenters. The predicted molar refractivity (Wildman–Crippen MR) is 73.8 cm³/mol. The van der Waals surface area contributed by atoms with Gasteiger partial charge >= 0.3 is 5.97 Å². The zero-order valence-electron chi connectivity index (χ0n) is 12.4. The van der Waals surface area contributed by atoms with Crippen LogP contribution >= 0.6 is 0 Å². The summed E-state index contributed by atoms with van der Waals surface area (Å²) in [6, 6.07) is -0.275. The van der Waals surface area contributed by atoms with Crippen molar-refractivity contribution in [3.63, 3.8) is 0 Å². The number of nitrogens with zero attached hydrogens (tertiary/aromatic N) is 2. The quantitative estimate of drug-likeness (QED) is 0.706. The van der Waals surface area contributed by atoms with Gasteiger partial charge in [0.1, 0.15) is 0 Å². The van der Waals surface area contributed by atoms with Crippen molar-refractivity contribution in [2.24, 2.45) is 0 Å². The third-order valence-electron chi connectivity index (χ3n) is 3.62. The number of likely N-dealkylation sites (N-methyl/N-ethyl adjacent to an activating group) is 1. The first kappa shape index (κ1) is 16.0. The summed E-state index contributed by atoms with van der Waals surface area (Å²) in [7, 11) is 1.79. The topological polar surface area (TPSA) is 49.9 Å². The summed E-state index contributed by atoms with van der Waals surface area (Å²) < 4.78 is 4.90. The van der Waals surface area contributed by atoms with E-state index in [9.17, 15) is 9.59 Å². The van der Waals surface area contributed by atoms with Crippen LogP contribution in [0.15, 0.2) is 0 Å². The highest BCUT2D eigenvalue weighted by atomic mass is 16.5. The lowest BCUT2D eigenvalue weighted by Gasteiger charge is -2.29. The lowest BCUT2D eigenvalue weighted by molar-refractivity contribution is -0.146. The number of likely N-dealkylation sites (tertiary alicyclic amines) is 1. The van der Waals surface area contributed by atoms with Gasteiger partial charge in [0, 0.05) is 13.1 Å². The summed E-state index contributed by atoms with van der Waals surface area (Å²) in [4.78, 5) is 27.5. The molecule has 0 aromatic carbocycles. The smallest absolute Gasteiger partial charge is 0.320 e. The second-order valence-electron chi connectivity index (χ2n) is 5.14. The first-order valence-electron chi connectivity index (χ1n) is 7.21. The van der Waals surface area contributed by atoms with Gasteiger partial charge in [-0.2, -0.15) is 0 Å². The van der Waals surface area contributed by atoms with Crippen LogP contribution in [0, 0.1) is 0 Å². The van der Waals surface area contributed by atoms with Crippen molar-refractivity contribution in [1.82, 2.24) is 9.80 Å². The standard InChI is InChI=1S/C14H26N2O3/c1-4-19-13(17)11-15(3)12(2)14(18)16-9-7-5-6-8-10-16/h12H,4-11H2,1-3H3/t12-/m0/s1.